The van der Waals surface area contributed by atoms with E-state index >= 15 is 0 Å². The van der Waals surface area contributed by atoms with Crippen LogP contribution in [0.25, 0.3) is 22.2 Å². The Morgan fingerprint density at radius 1 is 1.38 bits per heavy atom. The van der Waals surface area contributed by atoms with Gasteiger partial charge < -0.3 is 9.52 Å². The first-order chi connectivity index (χ1) is 10.1. The van der Waals surface area contributed by atoms with Gasteiger partial charge in [-0.15, -0.1) is 0 Å². The molecule has 5 heteroatoms. The normalized spacial score (nSPS) is 11.1. The lowest BCUT2D eigenvalue weighted by Crippen LogP contribution is -2.02. The molecule has 0 saturated carbocycles. The number of phenolic OH excluding ortho intramolecular Hbond substituents is 1. The molecule has 0 aliphatic rings. The van der Waals surface area contributed by atoms with Crippen LogP contribution in [-0.2, 0) is 6.42 Å². The van der Waals surface area contributed by atoms with Crippen LogP contribution in [0.1, 0.15) is 24.5 Å². The predicted octanol–water partition coefficient (Wildman–Crippen LogP) is 3.15. The third-order valence-electron chi connectivity index (χ3n) is 3.64. The van der Waals surface area contributed by atoms with Crippen molar-refractivity contribution in [1.29, 1.82) is 0 Å². The van der Waals surface area contributed by atoms with Crippen molar-refractivity contribution < 1.29 is 9.52 Å². The first-order valence-corrected chi connectivity index (χ1v) is 6.91. The minimum Gasteiger partial charge on any atom is -0.507 e. The molecule has 0 aliphatic heterocycles. The zero-order valence-corrected chi connectivity index (χ0v) is 11.9. The maximum absolute atomic E-state index is 11.7. The van der Waals surface area contributed by atoms with Crippen LogP contribution in [0.2, 0.25) is 0 Å². The van der Waals surface area contributed by atoms with E-state index in [0.717, 1.165) is 29.5 Å². The minimum atomic E-state index is -0.386. The van der Waals surface area contributed by atoms with Gasteiger partial charge in [0, 0.05) is 28.8 Å². The minimum absolute atomic E-state index is 0.101. The molecule has 0 aliphatic carbocycles. The maximum Gasteiger partial charge on any atom is 0.336 e. The SMILES string of the molecule is CCCc1cc(=O)oc2c(C)c(O)c(-c3ccn[nH]3)cc12. The molecule has 0 bridgehead atoms. The summed E-state index contributed by atoms with van der Waals surface area (Å²) in [4.78, 5) is 11.7. The summed E-state index contributed by atoms with van der Waals surface area (Å²) in [5.41, 5.74) is 2.95. The van der Waals surface area contributed by atoms with Crippen LogP contribution in [0.3, 0.4) is 0 Å². The molecule has 2 aromatic heterocycles. The van der Waals surface area contributed by atoms with E-state index in [9.17, 15) is 9.90 Å². The van der Waals surface area contributed by atoms with E-state index in [2.05, 4.69) is 17.1 Å². The predicted molar refractivity (Wildman–Crippen MR) is 80.5 cm³/mol. The molecule has 0 fully saturated rings. The number of hydrogen-bond donors (Lipinski definition) is 2. The van der Waals surface area contributed by atoms with Crippen molar-refractivity contribution in [3.05, 3.63) is 45.9 Å². The average molecular weight is 284 g/mol. The van der Waals surface area contributed by atoms with Gasteiger partial charge in [-0.2, -0.15) is 5.10 Å². The van der Waals surface area contributed by atoms with E-state index in [-0.39, 0.29) is 11.4 Å². The Hall–Kier alpha value is -2.56. The van der Waals surface area contributed by atoms with Crippen LogP contribution in [0, 0.1) is 6.92 Å². The number of hydrogen-bond acceptors (Lipinski definition) is 4. The van der Waals surface area contributed by atoms with Crippen molar-refractivity contribution in [3.8, 4) is 17.0 Å². The summed E-state index contributed by atoms with van der Waals surface area (Å²) in [7, 11) is 0. The van der Waals surface area contributed by atoms with Gasteiger partial charge in [-0.1, -0.05) is 13.3 Å². The highest BCUT2D eigenvalue weighted by Gasteiger charge is 2.16. The second-order valence-electron chi connectivity index (χ2n) is 5.09. The molecule has 108 valence electrons. The molecule has 0 amide bonds. The van der Waals surface area contributed by atoms with Crippen molar-refractivity contribution in [1.82, 2.24) is 10.2 Å². The number of aryl methyl sites for hydroxylation is 2. The number of rotatable bonds is 3. The van der Waals surface area contributed by atoms with Crippen LogP contribution in [0.4, 0.5) is 0 Å². The van der Waals surface area contributed by atoms with E-state index in [1.165, 1.54) is 6.07 Å². The Labute approximate surface area is 121 Å². The highest BCUT2D eigenvalue weighted by molar-refractivity contribution is 5.91. The number of fused-ring (bicyclic) bond motifs is 1. The molecule has 1 aromatic carbocycles. The van der Waals surface area contributed by atoms with Crippen LogP contribution < -0.4 is 5.63 Å². The van der Waals surface area contributed by atoms with Crippen molar-refractivity contribution in [2.45, 2.75) is 26.7 Å². The lowest BCUT2D eigenvalue weighted by molar-refractivity contribution is 0.470. The zero-order valence-electron chi connectivity index (χ0n) is 11.9. The molecule has 2 N–H and O–H groups in total. The van der Waals surface area contributed by atoms with Gasteiger partial charge in [0.2, 0.25) is 0 Å². The van der Waals surface area contributed by atoms with Gasteiger partial charge in [-0.3, -0.25) is 5.10 Å². The summed E-state index contributed by atoms with van der Waals surface area (Å²) in [6.45, 7) is 3.81. The lowest BCUT2D eigenvalue weighted by Gasteiger charge is -2.11. The molecule has 0 spiro atoms. The zero-order chi connectivity index (χ0) is 15.0. The Morgan fingerprint density at radius 2 is 2.19 bits per heavy atom. The van der Waals surface area contributed by atoms with Gasteiger partial charge in [-0.25, -0.2) is 4.79 Å². The summed E-state index contributed by atoms with van der Waals surface area (Å²) in [5, 5.41) is 18.0. The number of aromatic nitrogens is 2. The largest absolute Gasteiger partial charge is 0.507 e. The first kappa shape index (κ1) is 13.4. The third kappa shape index (κ3) is 2.20. The molecule has 3 rings (SSSR count). The highest BCUT2D eigenvalue weighted by Crippen LogP contribution is 2.37. The average Bonchev–Trinajstić information content (AvgIpc) is 2.97. The lowest BCUT2D eigenvalue weighted by atomic mass is 9.98. The summed E-state index contributed by atoms with van der Waals surface area (Å²) in [6, 6.07) is 5.16. The Bertz CT molecular complexity index is 848. The fraction of sp³-hybridized carbons (Fsp3) is 0.250. The molecule has 5 nitrogen and oxygen atoms in total. The van der Waals surface area contributed by atoms with Gasteiger partial charge in [0.1, 0.15) is 11.3 Å². The molecule has 21 heavy (non-hydrogen) atoms. The third-order valence-corrected chi connectivity index (χ3v) is 3.64. The number of H-pyrrole nitrogens is 1. The summed E-state index contributed by atoms with van der Waals surface area (Å²) < 4.78 is 5.29. The van der Waals surface area contributed by atoms with E-state index in [0.29, 0.717) is 16.7 Å². The number of aromatic amines is 1. The first-order valence-electron chi connectivity index (χ1n) is 6.91. The quantitative estimate of drug-likeness (QED) is 0.724. The van der Waals surface area contributed by atoms with Crippen molar-refractivity contribution >= 4 is 11.0 Å². The Balaban J connectivity index is 2.39. The maximum atomic E-state index is 11.7. The van der Waals surface area contributed by atoms with E-state index in [1.54, 1.807) is 19.2 Å². The smallest absolute Gasteiger partial charge is 0.336 e. The number of benzene rings is 1. The standard InChI is InChI=1S/C16H16N2O3/c1-3-4-10-7-14(19)21-16-9(2)15(20)12(8-11(10)16)13-5-6-17-18-13/h5-8,20H,3-4H2,1-2H3,(H,17,18). The number of aromatic hydroxyl groups is 1. The molecule has 0 atom stereocenters. The van der Waals surface area contributed by atoms with Gasteiger partial charge in [0.05, 0.1) is 5.69 Å². The van der Waals surface area contributed by atoms with Crippen LogP contribution >= 0.6 is 0 Å². The van der Waals surface area contributed by atoms with Crippen LogP contribution in [0.5, 0.6) is 5.75 Å². The summed E-state index contributed by atoms with van der Waals surface area (Å²) in [5.74, 6) is 0.101. The van der Waals surface area contributed by atoms with Crippen molar-refractivity contribution in [2.24, 2.45) is 0 Å². The molecule has 2 heterocycles. The second kappa shape index (κ2) is 5.09. The topological polar surface area (TPSA) is 79.1 Å². The van der Waals surface area contributed by atoms with Gasteiger partial charge >= 0.3 is 5.63 Å². The van der Waals surface area contributed by atoms with Crippen LogP contribution in [-0.4, -0.2) is 15.3 Å². The van der Waals surface area contributed by atoms with Crippen molar-refractivity contribution in [2.75, 3.05) is 0 Å². The van der Waals surface area contributed by atoms with Gasteiger partial charge in [0.25, 0.3) is 0 Å². The fourth-order valence-corrected chi connectivity index (χ4v) is 2.60. The Kier molecular flexibility index (Phi) is 3.25. The van der Waals surface area contributed by atoms with E-state index in [1.807, 2.05) is 6.07 Å². The molecular formula is C16H16N2O3. The highest BCUT2D eigenvalue weighted by atomic mass is 16.4. The Morgan fingerprint density at radius 3 is 2.86 bits per heavy atom. The van der Waals surface area contributed by atoms with Gasteiger partial charge in [-0.05, 0) is 31.0 Å². The molecule has 3 aromatic rings. The summed E-state index contributed by atoms with van der Waals surface area (Å²) >= 11 is 0. The number of phenols is 1. The monoisotopic (exact) mass is 284 g/mol. The molecule has 0 saturated heterocycles. The molecular weight excluding hydrogens is 268 g/mol. The van der Waals surface area contributed by atoms with E-state index in [4.69, 9.17) is 4.42 Å². The fourth-order valence-electron chi connectivity index (χ4n) is 2.60. The number of nitrogens with one attached hydrogen (secondary N) is 1. The summed E-state index contributed by atoms with van der Waals surface area (Å²) in [6.07, 6.45) is 3.35. The van der Waals surface area contributed by atoms with E-state index < -0.39 is 0 Å². The van der Waals surface area contributed by atoms with Gasteiger partial charge in [0.15, 0.2) is 0 Å². The van der Waals surface area contributed by atoms with Crippen molar-refractivity contribution in [3.63, 3.8) is 0 Å². The second-order valence-corrected chi connectivity index (χ2v) is 5.09. The molecule has 0 unspecified atom stereocenters. The van der Waals surface area contributed by atoms with Crippen LogP contribution in [0.15, 0.2) is 33.6 Å². The number of nitrogens with zero attached hydrogens (tertiary/aromatic N) is 1. The molecule has 0 radical (unpaired) electrons.